The fourth-order valence-electron chi connectivity index (χ4n) is 3.45. The van der Waals surface area contributed by atoms with E-state index in [9.17, 15) is 4.79 Å². The molecule has 0 atom stereocenters. The van der Waals surface area contributed by atoms with E-state index in [2.05, 4.69) is 5.32 Å². The number of carbonyl (C=O) groups is 1. The van der Waals surface area contributed by atoms with Crippen LogP contribution >= 0.6 is 23.7 Å². The van der Waals surface area contributed by atoms with Gasteiger partial charge in [-0.05, 0) is 74.8 Å². The van der Waals surface area contributed by atoms with Crippen LogP contribution < -0.4 is 10.1 Å². The third kappa shape index (κ3) is 4.27. The number of hydrogen-bond acceptors (Lipinski definition) is 4. The second kappa shape index (κ2) is 8.88. The average Bonchev–Trinajstić information content (AvgIpc) is 2.96. The first-order valence-electron chi connectivity index (χ1n) is 8.65. The van der Waals surface area contributed by atoms with Gasteiger partial charge in [-0.15, -0.1) is 23.7 Å². The van der Waals surface area contributed by atoms with Crippen LogP contribution in [0.2, 0.25) is 0 Å². The number of methoxy groups -OCH3 is 1. The highest BCUT2D eigenvalue weighted by molar-refractivity contribution is 7.21. The highest BCUT2D eigenvalue weighted by atomic mass is 35.5. The molecule has 1 amide bonds. The minimum Gasteiger partial charge on any atom is -0.497 e. The van der Waals surface area contributed by atoms with Crippen molar-refractivity contribution >= 4 is 39.7 Å². The summed E-state index contributed by atoms with van der Waals surface area (Å²) in [5, 5.41) is 4.35. The van der Waals surface area contributed by atoms with E-state index >= 15 is 0 Å². The van der Waals surface area contributed by atoms with Crippen molar-refractivity contribution in [3.05, 3.63) is 28.6 Å². The van der Waals surface area contributed by atoms with E-state index < -0.39 is 0 Å². The van der Waals surface area contributed by atoms with Crippen molar-refractivity contribution in [1.82, 2.24) is 10.2 Å². The van der Waals surface area contributed by atoms with Crippen LogP contribution in [0.25, 0.3) is 10.1 Å². The van der Waals surface area contributed by atoms with Gasteiger partial charge in [-0.1, -0.05) is 0 Å². The largest absolute Gasteiger partial charge is 0.497 e. The van der Waals surface area contributed by atoms with Crippen molar-refractivity contribution in [2.24, 2.45) is 5.92 Å². The molecule has 25 heavy (non-hydrogen) atoms. The van der Waals surface area contributed by atoms with Crippen LogP contribution in [-0.2, 0) is 0 Å². The smallest absolute Gasteiger partial charge is 0.264 e. The zero-order chi connectivity index (χ0) is 17.1. The second-order valence-electron chi connectivity index (χ2n) is 6.55. The number of thiophene rings is 1. The topological polar surface area (TPSA) is 41.6 Å². The lowest BCUT2D eigenvalue weighted by atomic mass is 9.93. The van der Waals surface area contributed by atoms with Crippen molar-refractivity contribution in [1.29, 1.82) is 0 Å². The Morgan fingerprint density at radius 1 is 1.36 bits per heavy atom. The minimum atomic E-state index is 0. The Morgan fingerprint density at radius 2 is 2.08 bits per heavy atom. The molecular weight excluding hydrogens is 356 g/mol. The molecule has 1 aromatic heterocycles. The fraction of sp³-hybridized carbons (Fsp3) is 0.526. The molecule has 0 radical (unpaired) electrons. The lowest BCUT2D eigenvalue weighted by molar-refractivity contribution is 0.0691. The Balaban J connectivity index is 0.00000225. The Bertz CT molecular complexity index is 724. The van der Waals surface area contributed by atoms with E-state index in [0.717, 1.165) is 64.7 Å². The number of likely N-dealkylation sites (tertiary alicyclic amines) is 1. The summed E-state index contributed by atoms with van der Waals surface area (Å²) in [6.45, 7) is 4.87. The maximum absolute atomic E-state index is 13.0. The third-order valence-electron chi connectivity index (χ3n) is 5.04. The van der Waals surface area contributed by atoms with Gasteiger partial charge in [0, 0.05) is 17.8 Å². The molecule has 1 aliphatic rings. The Morgan fingerprint density at radius 3 is 2.72 bits per heavy atom. The number of nitrogens with one attached hydrogen (secondary N) is 1. The van der Waals surface area contributed by atoms with Crippen molar-refractivity contribution in [3.63, 3.8) is 0 Å². The van der Waals surface area contributed by atoms with E-state index in [1.54, 1.807) is 18.4 Å². The van der Waals surface area contributed by atoms with Crippen LogP contribution in [0.4, 0.5) is 0 Å². The number of carbonyl (C=O) groups excluding carboxylic acids is 1. The molecule has 1 fully saturated rings. The fourth-order valence-corrected chi connectivity index (χ4v) is 4.61. The SMILES string of the molecule is CNCCC1CCN(C(=O)c2sc3ccc(OC)cc3c2C)CC1.Cl. The number of amides is 1. The number of halogens is 1. The van der Waals surface area contributed by atoms with Gasteiger partial charge < -0.3 is 15.0 Å². The molecule has 1 saturated heterocycles. The summed E-state index contributed by atoms with van der Waals surface area (Å²) < 4.78 is 6.46. The van der Waals surface area contributed by atoms with Gasteiger partial charge in [0.25, 0.3) is 5.91 Å². The Hall–Kier alpha value is -1.30. The molecule has 6 heteroatoms. The van der Waals surface area contributed by atoms with Gasteiger partial charge in [-0.25, -0.2) is 0 Å². The molecule has 1 aliphatic heterocycles. The van der Waals surface area contributed by atoms with Crippen molar-refractivity contribution in [2.75, 3.05) is 33.8 Å². The van der Waals surface area contributed by atoms with Gasteiger partial charge in [0.2, 0.25) is 0 Å². The molecule has 4 nitrogen and oxygen atoms in total. The first-order valence-corrected chi connectivity index (χ1v) is 9.46. The number of aryl methyl sites for hydroxylation is 1. The van der Waals surface area contributed by atoms with Crippen LogP contribution in [0.15, 0.2) is 18.2 Å². The van der Waals surface area contributed by atoms with Gasteiger partial charge in [0.1, 0.15) is 5.75 Å². The zero-order valence-electron chi connectivity index (χ0n) is 15.1. The van der Waals surface area contributed by atoms with Crippen molar-refractivity contribution in [2.45, 2.75) is 26.2 Å². The maximum atomic E-state index is 13.0. The molecule has 0 aliphatic carbocycles. The summed E-state index contributed by atoms with van der Waals surface area (Å²) in [5.41, 5.74) is 1.08. The lowest BCUT2D eigenvalue weighted by Crippen LogP contribution is -2.38. The molecule has 0 unspecified atom stereocenters. The number of piperidine rings is 1. The molecule has 2 aromatic rings. The summed E-state index contributed by atoms with van der Waals surface area (Å²) in [6, 6.07) is 6.04. The molecule has 0 spiro atoms. The van der Waals surface area contributed by atoms with Crippen LogP contribution in [0.1, 0.15) is 34.5 Å². The lowest BCUT2D eigenvalue weighted by Gasteiger charge is -2.32. The van der Waals surface area contributed by atoms with E-state index in [1.165, 1.54) is 6.42 Å². The summed E-state index contributed by atoms with van der Waals surface area (Å²) in [5.74, 6) is 1.78. The van der Waals surface area contributed by atoms with Gasteiger partial charge in [-0.3, -0.25) is 4.79 Å². The highest BCUT2D eigenvalue weighted by Crippen LogP contribution is 2.34. The predicted octanol–water partition coefficient (Wildman–Crippen LogP) is 4.10. The number of ether oxygens (including phenoxy) is 1. The Kier molecular flexibility index (Phi) is 7.11. The van der Waals surface area contributed by atoms with Gasteiger partial charge in [0.05, 0.1) is 12.0 Å². The quantitative estimate of drug-likeness (QED) is 0.846. The highest BCUT2D eigenvalue weighted by Gasteiger charge is 2.26. The van der Waals surface area contributed by atoms with Gasteiger partial charge >= 0.3 is 0 Å². The third-order valence-corrected chi connectivity index (χ3v) is 6.30. The molecule has 0 bridgehead atoms. The summed E-state index contributed by atoms with van der Waals surface area (Å²) in [7, 11) is 3.67. The van der Waals surface area contributed by atoms with E-state index in [-0.39, 0.29) is 18.3 Å². The van der Waals surface area contributed by atoms with Crippen LogP contribution in [0.5, 0.6) is 5.75 Å². The predicted molar refractivity (Wildman–Crippen MR) is 108 cm³/mol. The number of nitrogens with zero attached hydrogens (tertiary/aromatic N) is 1. The van der Waals surface area contributed by atoms with Crippen LogP contribution in [0.3, 0.4) is 0 Å². The molecule has 138 valence electrons. The minimum absolute atomic E-state index is 0. The number of rotatable bonds is 5. The van der Waals surface area contributed by atoms with Crippen LogP contribution in [-0.4, -0.2) is 44.6 Å². The first kappa shape index (κ1) is 20.0. The normalized spacial score (nSPS) is 15.2. The number of fused-ring (bicyclic) bond motifs is 1. The molecule has 1 N–H and O–H groups in total. The molecule has 3 rings (SSSR count). The van der Waals surface area contributed by atoms with Crippen molar-refractivity contribution < 1.29 is 9.53 Å². The van der Waals surface area contributed by atoms with Crippen molar-refractivity contribution in [3.8, 4) is 5.75 Å². The van der Waals surface area contributed by atoms with Gasteiger partial charge in [0.15, 0.2) is 0 Å². The van der Waals surface area contributed by atoms with E-state index in [1.807, 2.05) is 37.1 Å². The van der Waals surface area contributed by atoms with Crippen LogP contribution in [0, 0.1) is 12.8 Å². The zero-order valence-corrected chi connectivity index (χ0v) is 16.8. The van der Waals surface area contributed by atoms with Gasteiger partial charge in [-0.2, -0.15) is 0 Å². The van der Waals surface area contributed by atoms with E-state index in [0.29, 0.717) is 0 Å². The summed E-state index contributed by atoms with van der Waals surface area (Å²) in [6.07, 6.45) is 3.44. The molecule has 2 heterocycles. The molecular formula is C19H27ClN2O2S. The maximum Gasteiger partial charge on any atom is 0.264 e. The standard InChI is InChI=1S/C19H26N2O2S.ClH/c1-13-16-12-15(23-3)4-5-17(16)24-18(13)19(22)21-10-7-14(8-11-21)6-9-20-2;/h4-5,12,14,20H,6-11H2,1-3H3;1H. The number of benzene rings is 1. The second-order valence-corrected chi connectivity index (χ2v) is 7.60. The Labute approximate surface area is 159 Å². The monoisotopic (exact) mass is 382 g/mol. The summed E-state index contributed by atoms with van der Waals surface area (Å²) >= 11 is 1.60. The number of hydrogen-bond donors (Lipinski definition) is 1. The van der Waals surface area contributed by atoms with E-state index in [4.69, 9.17) is 4.74 Å². The average molecular weight is 383 g/mol. The molecule has 1 aromatic carbocycles. The molecule has 0 saturated carbocycles. The first-order chi connectivity index (χ1) is 11.6. The summed E-state index contributed by atoms with van der Waals surface area (Å²) in [4.78, 5) is 15.9.